The van der Waals surface area contributed by atoms with Crippen LogP contribution in [0.25, 0.3) is 88.5 Å². The van der Waals surface area contributed by atoms with Crippen molar-refractivity contribution in [2.45, 2.75) is 10.8 Å². The van der Waals surface area contributed by atoms with Crippen LogP contribution in [0.3, 0.4) is 0 Å². The molecular weight excluding hydrogens is 821 g/mol. The van der Waals surface area contributed by atoms with Gasteiger partial charge in [-0.25, -0.2) is 4.98 Å². The minimum atomic E-state index is -0.570. The van der Waals surface area contributed by atoms with E-state index in [-0.39, 0.29) is 0 Å². The van der Waals surface area contributed by atoms with E-state index in [1.165, 1.54) is 111 Å². The van der Waals surface area contributed by atoms with Crippen LogP contribution in [-0.2, 0) is 17.9 Å². The van der Waals surface area contributed by atoms with E-state index in [0.29, 0.717) is 0 Å². The average molecular weight is 863 g/mol. The lowest BCUT2D eigenvalue weighted by Gasteiger charge is -2.49. The number of imidazole rings is 1. The molecule has 1 aromatic heterocycles. The largest absolute Gasteiger partial charge is 0.327 e. The highest BCUT2D eigenvalue weighted by atomic mass is 15.1. The maximum Gasteiger partial charge on any atom is 0.140 e. The molecule has 0 unspecified atom stereocenters. The second-order valence-electron chi connectivity index (χ2n) is 18.9. The maximum absolute atomic E-state index is 5.03. The molecule has 0 saturated carbocycles. The fourth-order valence-corrected chi connectivity index (χ4v) is 13.3. The number of rotatable bonds is 3. The first-order chi connectivity index (χ1) is 33.7. The lowest BCUT2D eigenvalue weighted by Crippen LogP contribution is -2.43. The van der Waals surface area contributed by atoms with Crippen molar-refractivity contribution >= 4 is 32.6 Å². The van der Waals surface area contributed by atoms with Crippen LogP contribution in [0.15, 0.2) is 237 Å². The summed E-state index contributed by atoms with van der Waals surface area (Å²) in [7, 11) is 2.11. The summed E-state index contributed by atoms with van der Waals surface area (Å²) >= 11 is 0. The Morgan fingerprint density at radius 1 is 0.309 bits per heavy atom. The van der Waals surface area contributed by atoms with Crippen LogP contribution < -0.4 is 0 Å². The van der Waals surface area contributed by atoms with E-state index in [0.717, 1.165) is 22.4 Å². The van der Waals surface area contributed by atoms with Crippen LogP contribution in [0, 0.1) is 0 Å². The highest BCUT2D eigenvalue weighted by Gasteiger charge is 2.59. The van der Waals surface area contributed by atoms with E-state index in [2.05, 4.69) is 248 Å². The number of fused-ring (bicyclic) bond motifs is 19. The molecule has 2 nitrogen and oxygen atoms in total. The van der Waals surface area contributed by atoms with Gasteiger partial charge in [-0.15, -0.1) is 0 Å². The molecule has 0 fully saturated rings. The molecule has 2 heteroatoms. The third-order valence-electron chi connectivity index (χ3n) is 15.9. The third-order valence-corrected chi connectivity index (χ3v) is 15.9. The van der Waals surface area contributed by atoms with Crippen molar-refractivity contribution in [3.63, 3.8) is 0 Å². The highest BCUT2D eigenvalue weighted by Crippen LogP contribution is 2.67. The lowest BCUT2D eigenvalue weighted by molar-refractivity contribution is 0.633. The molecule has 12 aromatic rings. The first-order valence-corrected chi connectivity index (χ1v) is 23.8. The van der Waals surface area contributed by atoms with Gasteiger partial charge in [-0.3, -0.25) is 0 Å². The summed E-state index contributed by atoms with van der Waals surface area (Å²) in [6.45, 7) is 0. The van der Waals surface area contributed by atoms with Gasteiger partial charge in [0.25, 0.3) is 0 Å². The lowest BCUT2D eigenvalue weighted by atomic mass is 9.52. The van der Waals surface area contributed by atoms with Crippen LogP contribution in [0.2, 0.25) is 0 Å². The van der Waals surface area contributed by atoms with Crippen LogP contribution in [-0.4, -0.2) is 9.55 Å². The summed E-state index contributed by atoms with van der Waals surface area (Å²) in [5.74, 6) is 0.967. The third kappa shape index (κ3) is 4.64. The van der Waals surface area contributed by atoms with Gasteiger partial charge in [0, 0.05) is 12.6 Å². The second kappa shape index (κ2) is 13.7. The molecule has 3 aliphatic rings. The monoisotopic (exact) mass is 862 g/mol. The standard InChI is InChI=1S/C66H42N2/c1-68-61-33-17-16-32-60(61)67-64(68)42-36-34-41(35-37-42)62-48-22-2-4-24-50(48)63(51-25-5-3-23-49(51)62)43-38-39-58-59(40-43)66(54-28-12-8-20-46(54)47-21-9-13-29-55(47)66)57-31-15-14-30-56(57)65(58)52-26-10-6-18-44(52)45-19-7-11-27-53(45)65/h2-40H,1H3. The van der Waals surface area contributed by atoms with Gasteiger partial charge in [-0.2, -0.15) is 0 Å². The minimum Gasteiger partial charge on any atom is -0.327 e. The fraction of sp³-hybridized carbons (Fsp3) is 0.0455. The van der Waals surface area contributed by atoms with E-state index in [4.69, 9.17) is 4.98 Å². The Labute approximate surface area is 395 Å². The summed E-state index contributed by atoms with van der Waals surface area (Å²) in [5.41, 5.74) is 23.0. The van der Waals surface area contributed by atoms with Crippen molar-refractivity contribution in [3.8, 4) is 55.9 Å². The van der Waals surface area contributed by atoms with Crippen LogP contribution >= 0.6 is 0 Å². The maximum atomic E-state index is 5.03. The van der Waals surface area contributed by atoms with E-state index >= 15 is 0 Å². The van der Waals surface area contributed by atoms with Gasteiger partial charge in [-0.05, 0) is 129 Å². The van der Waals surface area contributed by atoms with Gasteiger partial charge < -0.3 is 4.57 Å². The van der Waals surface area contributed by atoms with Crippen molar-refractivity contribution in [1.82, 2.24) is 9.55 Å². The number of hydrogen-bond acceptors (Lipinski definition) is 1. The molecule has 1 heterocycles. The van der Waals surface area contributed by atoms with Crippen molar-refractivity contribution in [2.75, 3.05) is 0 Å². The first-order valence-electron chi connectivity index (χ1n) is 23.8. The normalized spacial score (nSPS) is 14.2. The number of para-hydroxylation sites is 2. The molecule has 3 aliphatic carbocycles. The molecule has 0 bridgehead atoms. The Kier molecular flexibility index (Phi) is 7.59. The van der Waals surface area contributed by atoms with E-state index in [1.807, 2.05) is 0 Å². The van der Waals surface area contributed by atoms with E-state index in [1.54, 1.807) is 0 Å². The fourth-order valence-electron chi connectivity index (χ4n) is 13.3. The SMILES string of the molecule is Cn1c(-c2ccc(-c3c4ccccc4c(-c4ccc5c(c4)C4(c6ccccc6-c6ccccc64)c4ccccc4C54c5ccccc5-c5ccccc54)c4ccccc34)cc2)nc2ccccc21. The molecule has 15 rings (SSSR count). The van der Waals surface area contributed by atoms with Crippen LogP contribution in [0.4, 0.5) is 0 Å². The predicted octanol–water partition coefficient (Wildman–Crippen LogP) is 15.9. The van der Waals surface area contributed by atoms with E-state index < -0.39 is 10.8 Å². The number of aryl methyl sites for hydroxylation is 1. The van der Waals surface area contributed by atoms with Crippen LogP contribution in [0.1, 0.15) is 44.5 Å². The number of aromatic nitrogens is 2. The van der Waals surface area contributed by atoms with Crippen molar-refractivity contribution < 1.29 is 0 Å². The van der Waals surface area contributed by atoms with Gasteiger partial charge >= 0.3 is 0 Å². The molecule has 68 heavy (non-hydrogen) atoms. The number of nitrogens with zero attached hydrogens (tertiary/aromatic N) is 2. The first kappa shape index (κ1) is 37.6. The smallest absolute Gasteiger partial charge is 0.140 e. The highest BCUT2D eigenvalue weighted by molar-refractivity contribution is 6.21. The van der Waals surface area contributed by atoms with Crippen molar-refractivity contribution in [2.24, 2.45) is 7.05 Å². The van der Waals surface area contributed by atoms with Crippen molar-refractivity contribution in [3.05, 3.63) is 281 Å². The summed E-state index contributed by atoms with van der Waals surface area (Å²) in [6.07, 6.45) is 0. The Bertz CT molecular complexity index is 3960. The van der Waals surface area contributed by atoms with Gasteiger partial charge in [0.05, 0.1) is 21.9 Å². The van der Waals surface area contributed by atoms with Gasteiger partial charge in [0.15, 0.2) is 0 Å². The summed E-state index contributed by atoms with van der Waals surface area (Å²) in [5, 5.41) is 4.95. The minimum absolute atomic E-state index is 0.531. The Morgan fingerprint density at radius 3 is 1.15 bits per heavy atom. The Hall–Kier alpha value is -8.59. The molecule has 0 radical (unpaired) electrons. The van der Waals surface area contributed by atoms with Crippen LogP contribution in [0.5, 0.6) is 0 Å². The zero-order valence-electron chi connectivity index (χ0n) is 37.4. The van der Waals surface area contributed by atoms with Gasteiger partial charge in [0.1, 0.15) is 5.82 Å². The molecule has 2 spiro atoms. The second-order valence-corrected chi connectivity index (χ2v) is 18.9. The topological polar surface area (TPSA) is 17.8 Å². The molecule has 0 saturated heterocycles. The van der Waals surface area contributed by atoms with E-state index in [9.17, 15) is 0 Å². The molecule has 11 aromatic carbocycles. The average Bonchev–Trinajstić information content (AvgIpc) is 4.01. The molecule has 0 N–H and O–H groups in total. The summed E-state index contributed by atoms with van der Waals surface area (Å²) in [4.78, 5) is 5.03. The van der Waals surface area contributed by atoms with Gasteiger partial charge in [-0.1, -0.05) is 218 Å². The molecule has 0 aliphatic heterocycles. The number of benzene rings is 11. The summed E-state index contributed by atoms with van der Waals surface area (Å²) in [6, 6.07) is 89.2. The molecule has 0 amide bonds. The quantitative estimate of drug-likeness (QED) is 0.162. The predicted molar refractivity (Wildman–Crippen MR) is 280 cm³/mol. The Morgan fingerprint density at radius 2 is 0.662 bits per heavy atom. The molecular formula is C66H42N2. The number of hydrogen-bond donors (Lipinski definition) is 0. The zero-order valence-corrected chi connectivity index (χ0v) is 37.4. The van der Waals surface area contributed by atoms with Crippen molar-refractivity contribution in [1.29, 1.82) is 0 Å². The Balaban J connectivity index is 1.03. The van der Waals surface area contributed by atoms with Gasteiger partial charge in [0.2, 0.25) is 0 Å². The zero-order chi connectivity index (χ0) is 44.7. The molecule has 0 atom stereocenters. The molecule has 316 valence electrons. The summed E-state index contributed by atoms with van der Waals surface area (Å²) < 4.78 is 2.19.